The lowest BCUT2D eigenvalue weighted by atomic mass is 9.93. The summed E-state index contributed by atoms with van der Waals surface area (Å²) < 4.78 is 1.84. The van der Waals surface area contributed by atoms with Gasteiger partial charge >= 0.3 is 0 Å². The molecule has 3 nitrogen and oxygen atoms in total. The SMILES string of the molecule is O=c1c2cccc3c(-c4ccccc4)ccc(c32)c2nc3cc(C4=CC=CCC4)cc(-c4ccccc4)c3n12. The molecule has 7 aromatic rings. The molecule has 0 N–H and O–H groups in total. The summed E-state index contributed by atoms with van der Waals surface area (Å²) in [5.74, 6) is 0. The van der Waals surface area contributed by atoms with Gasteiger partial charge in [-0.3, -0.25) is 9.20 Å². The number of nitrogens with zero attached hydrogens (tertiary/aromatic N) is 2. The number of pyridine rings is 1. The molecule has 0 saturated heterocycles. The molecule has 0 amide bonds. The molecule has 0 spiro atoms. The van der Waals surface area contributed by atoms with Crippen LogP contribution in [0.5, 0.6) is 0 Å². The monoisotopic (exact) mass is 500 g/mol. The Morgan fingerprint density at radius 2 is 1.41 bits per heavy atom. The molecule has 0 atom stereocenters. The van der Waals surface area contributed by atoms with E-state index in [2.05, 4.69) is 85.0 Å². The summed E-state index contributed by atoms with van der Waals surface area (Å²) in [6.07, 6.45) is 8.56. The smallest absolute Gasteiger partial charge is 0.264 e. The van der Waals surface area contributed by atoms with Crippen LogP contribution >= 0.6 is 0 Å². The van der Waals surface area contributed by atoms with Crippen molar-refractivity contribution in [2.24, 2.45) is 0 Å². The second-order valence-electron chi connectivity index (χ2n) is 10.2. The molecule has 1 aliphatic carbocycles. The van der Waals surface area contributed by atoms with Gasteiger partial charge in [-0.25, -0.2) is 4.98 Å². The molecule has 0 saturated carbocycles. The number of hydrogen-bond acceptors (Lipinski definition) is 2. The third-order valence-corrected chi connectivity index (χ3v) is 8.02. The highest BCUT2D eigenvalue weighted by molar-refractivity contribution is 6.19. The maximum atomic E-state index is 14.3. The normalized spacial score (nSPS) is 13.6. The minimum atomic E-state index is -0.0273. The van der Waals surface area contributed by atoms with Crippen LogP contribution in [-0.4, -0.2) is 9.38 Å². The molecule has 0 radical (unpaired) electrons. The number of hydrogen-bond donors (Lipinski definition) is 0. The van der Waals surface area contributed by atoms with E-state index in [0.717, 1.165) is 73.2 Å². The first kappa shape index (κ1) is 22.0. The van der Waals surface area contributed by atoms with Crippen molar-refractivity contribution in [1.29, 1.82) is 0 Å². The quantitative estimate of drug-likeness (QED) is 0.243. The van der Waals surface area contributed by atoms with Crippen molar-refractivity contribution in [1.82, 2.24) is 9.38 Å². The zero-order chi connectivity index (χ0) is 25.9. The van der Waals surface area contributed by atoms with Gasteiger partial charge in [0, 0.05) is 21.7 Å². The van der Waals surface area contributed by atoms with Crippen LogP contribution in [0, 0.1) is 0 Å². The lowest BCUT2D eigenvalue weighted by Gasteiger charge is -2.14. The lowest BCUT2D eigenvalue weighted by molar-refractivity contribution is 1.05. The lowest BCUT2D eigenvalue weighted by Crippen LogP contribution is -2.13. The van der Waals surface area contributed by atoms with E-state index in [4.69, 9.17) is 4.98 Å². The van der Waals surface area contributed by atoms with Gasteiger partial charge < -0.3 is 0 Å². The van der Waals surface area contributed by atoms with Crippen LogP contribution in [0.25, 0.3) is 66.1 Å². The van der Waals surface area contributed by atoms with Crippen molar-refractivity contribution >= 4 is 43.8 Å². The van der Waals surface area contributed by atoms with Crippen LogP contribution < -0.4 is 5.56 Å². The molecule has 2 aromatic heterocycles. The van der Waals surface area contributed by atoms with Gasteiger partial charge in [-0.2, -0.15) is 0 Å². The molecule has 8 rings (SSSR count). The second kappa shape index (κ2) is 8.50. The summed E-state index contributed by atoms with van der Waals surface area (Å²) in [6.45, 7) is 0. The Bertz CT molecular complexity index is 2170. The van der Waals surface area contributed by atoms with Gasteiger partial charge in [-0.05, 0) is 70.3 Å². The van der Waals surface area contributed by atoms with E-state index in [0.29, 0.717) is 5.65 Å². The van der Waals surface area contributed by atoms with Crippen LogP contribution in [0.15, 0.2) is 126 Å². The second-order valence-corrected chi connectivity index (χ2v) is 10.2. The minimum absolute atomic E-state index is 0.0273. The van der Waals surface area contributed by atoms with Gasteiger partial charge in [-0.15, -0.1) is 0 Å². The van der Waals surface area contributed by atoms with Crippen molar-refractivity contribution in [3.63, 3.8) is 0 Å². The van der Waals surface area contributed by atoms with Gasteiger partial charge in [-0.1, -0.05) is 97.1 Å². The first-order chi connectivity index (χ1) is 19.3. The maximum absolute atomic E-state index is 14.3. The zero-order valence-electron chi connectivity index (χ0n) is 21.3. The average molecular weight is 501 g/mol. The van der Waals surface area contributed by atoms with Crippen LogP contribution in [0.3, 0.4) is 0 Å². The predicted octanol–water partition coefficient (Wildman–Crippen LogP) is 8.66. The van der Waals surface area contributed by atoms with Gasteiger partial charge in [0.05, 0.1) is 11.0 Å². The standard InChI is InChI=1S/C36H24N2O/c39-36-30-18-10-17-28-27(24-13-6-2-7-14-24)19-20-29(33(28)30)35-37-32-22-26(23-11-4-1-5-12-23)21-31(34(32)38(35)36)25-15-8-3-9-16-25/h1-4,6-11,13-22H,5,12H2. The van der Waals surface area contributed by atoms with Crippen molar-refractivity contribution in [2.45, 2.75) is 12.8 Å². The minimum Gasteiger partial charge on any atom is -0.268 e. The number of allylic oxidation sites excluding steroid dienone is 4. The van der Waals surface area contributed by atoms with E-state index < -0.39 is 0 Å². The highest BCUT2D eigenvalue weighted by atomic mass is 16.1. The molecule has 184 valence electrons. The number of benzene rings is 5. The fourth-order valence-corrected chi connectivity index (χ4v) is 6.22. The van der Waals surface area contributed by atoms with Gasteiger partial charge in [0.25, 0.3) is 5.56 Å². The Labute approximate surface area is 225 Å². The number of aromatic nitrogens is 2. The number of fused-ring (bicyclic) bond motifs is 4. The molecule has 0 unspecified atom stereocenters. The van der Waals surface area contributed by atoms with E-state index in [1.165, 1.54) is 5.57 Å². The summed E-state index contributed by atoms with van der Waals surface area (Å²) in [4.78, 5) is 19.5. The summed E-state index contributed by atoms with van der Waals surface area (Å²) in [5.41, 5.74) is 9.23. The maximum Gasteiger partial charge on any atom is 0.264 e. The van der Waals surface area contributed by atoms with Gasteiger partial charge in [0.2, 0.25) is 0 Å². The Morgan fingerprint density at radius 1 is 0.667 bits per heavy atom. The Hall–Kier alpha value is -5.02. The topological polar surface area (TPSA) is 34.4 Å². The summed E-state index contributed by atoms with van der Waals surface area (Å²) in [5, 5.41) is 3.77. The largest absolute Gasteiger partial charge is 0.268 e. The fourth-order valence-electron chi connectivity index (χ4n) is 6.22. The van der Waals surface area contributed by atoms with E-state index in [1.54, 1.807) is 0 Å². The van der Waals surface area contributed by atoms with Crippen LogP contribution in [0.4, 0.5) is 0 Å². The van der Waals surface area contributed by atoms with E-state index in [1.807, 2.05) is 40.8 Å². The molecule has 0 aliphatic heterocycles. The average Bonchev–Trinajstić information content (AvgIpc) is 3.40. The molecule has 1 aliphatic rings. The zero-order valence-corrected chi connectivity index (χ0v) is 21.3. The van der Waals surface area contributed by atoms with E-state index in [-0.39, 0.29) is 5.56 Å². The number of imidazole rings is 1. The molecular weight excluding hydrogens is 476 g/mol. The Kier molecular flexibility index (Phi) is 4.80. The van der Waals surface area contributed by atoms with E-state index in [9.17, 15) is 4.79 Å². The molecule has 0 bridgehead atoms. The predicted molar refractivity (Wildman–Crippen MR) is 162 cm³/mol. The molecular formula is C36H24N2O. The molecule has 3 heteroatoms. The Morgan fingerprint density at radius 3 is 2.15 bits per heavy atom. The van der Waals surface area contributed by atoms with Crippen LogP contribution in [0.2, 0.25) is 0 Å². The first-order valence-corrected chi connectivity index (χ1v) is 13.4. The number of rotatable bonds is 3. The van der Waals surface area contributed by atoms with Crippen molar-refractivity contribution in [2.75, 3.05) is 0 Å². The third-order valence-electron chi connectivity index (χ3n) is 8.02. The molecule has 5 aromatic carbocycles. The van der Waals surface area contributed by atoms with Crippen LogP contribution in [0.1, 0.15) is 18.4 Å². The van der Waals surface area contributed by atoms with Crippen LogP contribution in [-0.2, 0) is 0 Å². The van der Waals surface area contributed by atoms with Crippen molar-refractivity contribution in [3.05, 3.63) is 137 Å². The summed E-state index contributed by atoms with van der Waals surface area (Å²) in [6, 6.07) is 35.5. The first-order valence-electron chi connectivity index (χ1n) is 13.4. The molecule has 39 heavy (non-hydrogen) atoms. The summed E-state index contributed by atoms with van der Waals surface area (Å²) in [7, 11) is 0. The highest BCUT2D eigenvalue weighted by Crippen LogP contribution is 2.39. The third kappa shape index (κ3) is 3.30. The highest BCUT2D eigenvalue weighted by Gasteiger charge is 2.21. The fraction of sp³-hybridized carbons (Fsp3) is 0.0556. The van der Waals surface area contributed by atoms with Gasteiger partial charge in [0.15, 0.2) is 0 Å². The van der Waals surface area contributed by atoms with Crippen molar-refractivity contribution < 1.29 is 0 Å². The molecule has 2 heterocycles. The van der Waals surface area contributed by atoms with Crippen molar-refractivity contribution in [3.8, 4) is 22.3 Å². The Balaban J connectivity index is 1.53. The summed E-state index contributed by atoms with van der Waals surface area (Å²) >= 11 is 0. The van der Waals surface area contributed by atoms with Gasteiger partial charge in [0.1, 0.15) is 5.65 Å². The van der Waals surface area contributed by atoms with E-state index >= 15 is 0 Å². The molecule has 0 fully saturated rings.